The molecule has 2 heterocycles. The maximum atomic E-state index is 12.6. The Kier molecular flexibility index (Phi) is 6.09. The number of ether oxygens (including phenoxy) is 1. The van der Waals surface area contributed by atoms with Crippen LogP contribution in [0, 0.1) is 17.0 Å². The summed E-state index contributed by atoms with van der Waals surface area (Å²) in [7, 11) is 0. The summed E-state index contributed by atoms with van der Waals surface area (Å²) in [5, 5.41) is 10.6. The van der Waals surface area contributed by atoms with Crippen LogP contribution in [0.1, 0.15) is 11.3 Å². The summed E-state index contributed by atoms with van der Waals surface area (Å²) in [6, 6.07) is 17.1. The predicted molar refractivity (Wildman–Crippen MR) is 120 cm³/mol. The Hall–Kier alpha value is -3.85. The predicted octanol–water partition coefficient (Wildman–Crippen LogP) is 5.28. The maximum absolute atomic E-state index is 12.6. The van der Waals surface area contributed by atoms with Crippen molar-refractivity contribution in [1.29, 1.82) is 0 Å². The maximum Gasteiger partial charge on any atom is 0.293 e. The lowest BCUT2D eigenvalue weighted by atomic mass is 10.1. The van der Waals surface area contributed by atoms with Gasteiger partial charge in [-0.15, -0.1) is 0 Å². The van der Waals surface area contributed by atoms with Crippen LogP contribution in [0.3, 0.4) is 0 Å². The number of rotatable bonds is 7. The first-order valence-corrected chi connectivity index (χ1v) is 10.5. The van der Waals surface area contributed by atoms with Gasteiger partial charge in [-0.3, -0.25) is 24.6 Å². The molecule has 2 aromatic carbocycles. The first-order valence-electron chi connectivity index (χ1n) is 9.71. The van der Waals surface area contributed by atoms with Gasteiger partial charge in [0.25, 0.3) is 16.8 Å². The molecule has 1 saturated heterocycles. The van der Waals surface area contributed by atoms with Crippen LogP contribution in [0.15, 0.2) is 70.0 Å². The van der Waals surface area contributed by atoms with Crippen molar-refractivity contribution >= 4 is 34.7 Å². The lowest BCUT2D eigenvalue weighted by Gasteiger charge is -2.13. The van der Waals surface area contributed by atoms with E-state index in [9.17, 15) is 19.7 Å². The Morgan fingerprint density at radius 1 is 1.12 bits per heavy atom. The Bertz CT molecular complexity index is 1220. The van der Waals surface area contributed by atoms with Gasteiger partial charge in [-0.1, -0.05) is 18.2 Å². The Morgan fingerprint density at radius 3 is 2.62 bits per heavy atom. The SMILES string of the molecule is Cc1cc([N+](=O)[O-])ccc1-c1ccc(/C=C2\SC(=O)N(CCOc3ccccc3)C2=O)o1. The Morgan fingerprint density at radius 2 is 1.91 bits per heavy atom. The summed E-state index contributed by atoms with van der Waals surface area (Å²) in [4.78, 5) is 36.8. The summed E-state index contributed by atoms with van der Waals surface area (Å²) < 4.78 is 11.4. The monoisotopic (exact) mass is 450 g/mol. The lowest BCUT2D eigenvalue weighted by molar-refractivity contribution is -0.384. The molecule has 0 bridgehead atoms. The summed E-state index contributed by atoms with van der Waals surface area (Å²) in [6.45, 7) is 2.09. The fourth-order valence-corrected chi connectivity index (χ4v) is 4.05. The first-order chi connectivity index (χ1) is 15.4. The summed E-state index contributed by atoms with van der Waals surface area (Å²) in [6.07, 6.45) is 1.52. The fourth-order valence-electron chi connectivity index (χ4n) is 3.21. The highest BCUT2D eigenvalue weighted by atomic mass is 32.2. The van der Waals surface area contributed by atoms with Crippen LogP contribution in [0.25, 0.3) is 17.4 Å². The van der Waals surface area contributed by atoms with Gasteiger partial charge in [0.15, 0.2) is 0 Å². The number of aryl methyl sites for hydroxylation is 1. The molecule has 1 fully saturated rings. The minimum atomic E-state index is -0.453. The molecule has 0 radical (unpaired) electrons. The van der Waals surface area contributed by atoms with Gasteiger partial charge in [-0.05, 0) is 54.6 Å². The summed E-state index contributed by atoms with van der Waals surface area (Å²) in [5.74, 6) is 1.18. The number of benzene rings is 2. The molecular formula is C23H18N2O6S. The van der Waals surface area contributed by atoms with Crippen molar-refractivity contribution in [2.24, 2.45) is 0 Å². The highest BCUT2D eigenvalue weighted by Gasteiger charge is 2.35. The van der Waals surface area contributed by atoms with E-state index in [1.807, 2.05) is 18.2 Å². The van der Waals surface area contributed by atoms with Crippen LogP contribution in [0.2, 0.25) is 0 Å². The van der Waals surface area contributed by atoms with Crippen LogP contribution in [-0.2, 0) is 4.79 Å². The number of amides is 2. The highest BCUT2D eigenvalue weighted by molar-refractivity contribution is 8.18. The molecule has 0 N–H and O–H groups in total. The molecule has 3 aromatic rings. The number of furan rings is 1. The number of nitrogens with zero attached hydrogens (tertiary/aromatic N) is 2. The molecule has 1 aliphatic rings. The van der Waals surface area contributed by atoms with Crippen molar-refractivity contribution in [3.8, 4) is 17.1 Å². The number of non-ortho nitro benzene ring substituents is 1. The van der Waals surface area contributed by atoms with Crippen LogP contribution in [0.5, 0.6) is 5.75 Å². The Balaban J connectivity index is 1.44. The number of nitro benzene ring substituents is 1. The number of hydrogen-bond donors (Lipinski definition) is 0. The average Bonchev–Trinajstić information content (AvgIpc) is 3.34. The largest absolute Gasteiger partial charge is 0.492 e. The standard InChI is InChI=1S/C23H18N2O6S/c1-15-13-16(25(28)29)7-9-19(15)20-10-8-18(31-20)14-21-22(26)24(23(27)32-21)11-12-30-17-5-3-2-4-6-17/h2-10,13-14H,11-12H2,1H3/b21-14-. The lowest BCUT2D eigenvalue weighted by Crippen LogP contribution is -2.32. The number of nitro groups is 1. The minimum absolute atomic E-state index is 0.00273. The van der Waals surface area contributed by atoms with E-state index >= 15 is 0 Å². The molecule has 2 amide bonds. The smallest absolute Gasteiger partial charge is 0.293 e. The van der Waals surface area contributed by atoms with E-state index in [2.05, 4.69) is 0 Å². The fraction of sp³-hybridized carbons (Fsp3) is 0.130. The van der Waals surface area contributed by atoms with E-state index in [1.165, 1.54) is 18.2 Å². The first kappa shape index (κ1) is 21.4. The molecule has 162 valence electrons. The third-order valence-electron chi connectivity index (χ3n) is 4.79. The summed E-state index contributed by atoms with van der Waals surface area (Å²) in [5.41, 5.74) is 1.41. The van der Waals surface area contributed by atoms with Gasteiger partial charge in [0, 0.05) is 23.8 Å². The van der Waals surface area contributed by atoms with Crippen LogP contribution >= 0.6 is 11.8 Å². The van der Waals surface area contributed by atoms with Crippen molar-refractivity contribution in [2.75, 3.05) is 13.2 Å². The second kappa shape index (κ2) is 9.11. The van der Waals surface area contributed by atoms with Crippen molar-refractivity contribution in [3.05, 3.63) is 87.0 Å². The average molecular weight is 450 g/mol. The van der Waals surface area contributed by atoms with Crippen LogP contribution in [0.4, 0.5) is 10.5 Å². The second-order valence-electron chi connectivity index (χ2n) is 6.95. The molecule has 1 aliphatic heterocycles. The van der Waals surface area contributed by atoms with Crippen LogP contribution < -0.4 is 4.74 Å². The van der Waals surface area contributed by atoms with E-state index in [0.717, 1.165) is 16.7 Å². The zero-order chi connectivity index (χ0) is 22.7. The van der Waals surface area contributed by atoms with E-state index in [1.54, 1.807) is 37.3 Å². The molecule has 0 unspecified atom stereocenters. The van der Waals surface area contributed by atoms with Gasteiger partial charge >= 0.3 is 0 Å². The molecule has 32 heavy (non-hydrogen) atoms. The van der Waals surface area contributed by atoms with E-state index in [-0.39, 0.29) is 29.0 Å². The molecule has 8 nitrogen and oxygen atoms in total. The minimum Gasteiger partial charge on any atom is -0.492 e. The van der Waals surface area contributed by atoms with Crippen LogP contribution in [-0.4, -0.2) is 34.1 Å². The van der Waals surface area contributed by atoms with E-state index in [4.69, 9.17) is 9.15 Å². The van der Waals surface area contributed by atoms with E-state index < -0.39 is 10.8 Å². The molecule has 0 saturated carbocycles. The van der Waals surface area contributed by atoms with Crippen molar-refractivity contribution in [3.63, 3.8) is 0 Å². The third kappa shape index (κ3) is 4.57. The highest BCUT2D eigenvalue weighted by Crippen LogP contribution is 2.34. The van der Waals surface area contributed by atoms with Gasteiger partial charge in [0.1, 0.15) is 23.9 Å². The molecular weight excluding hydrogens is 432 g/mol. The number of thioether (sulfide) groups is 1. The normalized spacial score (nSPS) is 14.9. The Labute approximate surface area is 187 Å². The van der Waals surface area contributed by atoms with Gasteiger partial charge in [-0.25, -0.2) is 0 Å². The number of hydrogen-bond acceptors (Lipinski definition) is 7. The zero-order valence-corrected chi connectivity index (χ0v) is 17.8. The molecule has 1 aromatic heterocycles. The van der Waals surface area contributed by atoms with Crippen molar-refractivity contribution in [1.82, 2.24) is 4.90 Å². The quantitative estimate of drug-likeness (QED) is 0.274. The third-order valence-corrected chi connectivity index (χ3v) is 5.69. The van der Waals surface area contributed by atoms with Gasteiger partial charge < -0.3 is 9.15 Å². The van der Waals surface area contributed by atoms with Crippen molar-refractivity contribution < 1.29 is 23.7 Å². The number of para-hydroxylation sites is 1. The topological polar surface area (TPSA) is 103 Å². The molecule has 9 heteroatoms. The number of carbonyl (C=O) groups excluding carboxylic acids is 2. The van der Waals surface area contributed by atoms with E-state index in [0.29, 0.717) is 28.4 Å². The number of imide groups is 1. The van der Waals surface area contributed by atoms with Gasteiger partial charge in [0.2, 0.25) is 0 Å². The summed E-state index contributed by atoms with van der Waals surface area (Å²) >= 11 is 0.844. The van der Waals surface area contributed by atoms with Gasteiger partial charge in [-0.2, -0.15) is 0 Å². The zero-order valence-electron chi connectivity index (χ0n) is 17.0. The van der Waals surface area contributed by atoms with Gasteiger partial charge in [0.05, 0.1) is 16.4 Å². The molecule has 4 rings (SSSR count). The molecule has 0 atom stereocenters. The molecule has 0 aliphatic carbocycles. The second-order valence-corrected chi connectivity index (χ2v) is 7.95. The molecule has 0 spiro atoms. The number of carbonyl (C=O) groups is 2. The van der Waals surface area contributed by atoms with Crippen molar-refractivity contribution in [2.45, 2.75) is 6.92 Å².